The highest BCUT2D eigenvalue weighted by Crippen LogP contribution is 2.24. The Morgan fingerprint density at radius 3 is 2.85 bits per heavy atom. The van der Waals surface area contributed by atoms with Crippen LogP contribution in [0.4, 0.5) is 10.1 Å². The van der Waals surface area contributed by atoms with Crippen LogP contribution in [-0.2, 0) is 16.6 Å². The Bertz CT molecular complexity index is 703. The molecule has 3 N–H and O–H groups in total. The van der Waals surface area contributed by atoms with Gasteiger partial charge in [-0.05, 0) is 12.1 Å². The van der Waals surface area contributed by atoms with Gasteiger partial charge in [-0.3, -0.25) is 0 Å². The van der Waals surface area contributed by atoms with E-state index >= 15 is 0 Å². The van der Waals surface area contributed by atoms with E-state index in [0.29, 0.717) is 6.54 Å². The van der Waals surface area contributed by atoms with Crippen LogP contribution in [0.15, 0.2) is 35.7 Å². The molecule has 1 aromatic heterocycles. The van der Waals surface area contributed by atoms with Crippen molar-refractivity contribution in [2.24, 2.45) is 0 Å². The minimum absolute atomic E-state index is 0.0545. The number of imidazole rings is 1. The molecule has 0 unspecified atom stereocenters. The number of hydrogen-bond donors (Lipinski definition) is 2. The van der Waals surface area contributed by atoms with Crippen molar-refractivity contribution in [3.8, 4) is 0 Å². The second-order valence-electron chi connectivity index (χ2n) is 4.01. The number of nitrogens with one attached hydrogen (secondary N) is 1. The molecule has 0 fully saturated rings. The number of sulfonamides is 1. The maximum Gasteiger partial charge on any atom is 0.243 e. The molecule has 0 aliphatic carbocycles. The van der Waals surface area contributed by atoms with Gasteiger partial charge in [-0.1, -0.05) is 11.6 Å². The molecule has 0 amide bonds. The molecule has 0 radical (unpaired) electrons. The van der Waals surface area contributed by atoms with Gasteiger partial charge in [0.05, 0.1) is 12.0 Å². The number of nitrogens with zero attached hydrogens (tertiary/aromatic N) is 2. The lowest BCUT2D eigenvalue weighted by Gasteiger charge is -2.09. The summed E-state index contributed by atoms with van der Waals surface area (Å²) in [7, 11) is -4.01. The van der Waals surface area contributed by atoms with E-state index in [-0.39, 0.29) is 17.3 Å². The number of rotatable bonds is 5. The SMILES string of the molecule is Nc1cc(Cl)cc(S(=O)(=O)NCCn2ccnc2)c1F. The zero-order chi connectivity index (χ0) is 14.8. The quantitative estimate of drug-likeness (QED) is 0.811. The molecule has 1 heterocycles. The molecule has 1 aromatic carbocycles. The first-order valence-electron chi connectivity index (χ1n) is 5.60. The van der Waals surface area contributed by atoms with E-state index in [4.69, 9.17) is 17.3 Å². The summed E-state index contributed by atoms with van der Waals surface area (Å²) < 4.78 is 41.7. The summed E-state index contributed by atoms with van der Waals surface area (Å²) in [4.78, 5) is 3.26. The summed E-state index contributed by atoms with van der Waals surface area (Å²) in [6, 6.07) is 2.17. The molecule has 2 rings (SSSR count). The molecule has 20 heavy (non-hydrogen) atoms. The van der Waals surface area contributed by atoms with E-state index in [1.807, 2.05) is 0 Å². The third kappa shape index (κ3) is 3.27. The molecule has 2 aromatic rings. The minimum atomic E-state index is -4.01. The highest BCUT2D eigenvalue weighted by molar-refractivity contribution is 7.89. The predicted molar refractivity (Wildman–Crippen MR) is 73.2 cm³/mol. The summed E-state index contributed by atoms with van der Waals surface area (Å²) in [5.74, 6) is -1.01. The Labute approximate surface area is 120 Å². The monoisotopic (exact) mass is 318 g/mol. The van der Waals surface area contributed by atoms with Crippen LogP contribution in [0.1, 0.15) is 0 Å². The summed E-state index contributed by atoms with van der Waals surface area (Å²) in [5.41, 5.74) is 5.05. The largest absolute Gasteiger partial charge is 0.396 e. The molecule has 0 saturated carbocycles. The Morgan fingerprint density at radius 1 is 1.45 bits per heavy atom. The molecule has 6 nitrogen and oxygen atoms in total. The Balaban J connectivity index is 2.14. The number of benzene rings is 1. The lowest BCUT2D eigenvalue weighted by atomic mass is 10.3. The van der Waals surface area contributed by atoms with Gasteiger partial charge in [0.2, 0.25) is 10.0 Å². The lowest BCUT2D eigenvalue weighted by Crippen LogP contribution is -2.28. The predicted octanol–water partition coefficient (Wildman–Crippen LogP) is 1.24. The molecule has 0 spiro atoms. The maximum atomic E-state index is 13.8. The summed E-state index contributed by atoms with van der Waals surface area (Å²) >= 11 is 5.69. The van der Waals surface area contributed by atoms with Crippen molar-refractivity contribution >= 4 is 27.3 Å². The van der Waals surface area contributed by atoms with Crippen LogP contribution in [0.2, 0.25) is 5.02 Å². The molecule has 9 heteroatoms. The number of nitrogens with two attached hydrogens (primary N) is 1. The van der Waals surface area contributed by atoms with Gasteiger partial charge in [-0.15, -0.1) is 0 Å². The molecular formula is C11H12ClFN4O2S. The first kappa shape index (κ1) is 14.8. The van der Waals surface area contributed by atoms with Crippen LogP contribution in [0, 0.1) is 5.82 Å². The summed E-state index contributed by atoms with van der Waals surface area (Å²) in [6.07, 6.45) is 4.81. The number of halogens is 2. The number of hydrogen-bond acceptors (Lipinski definition) is 4. The summed E-state index contributed by atoms with van der Waals surface area (Å²) in [5, 5.41) is 0.0545. The summed E-state index contributed by atoms with van der Waals surface area (Å²) in [6.45, 7) is 0.460. The van der Waals surface area contributed by atoms with Gasteiger partial charge in [0, 0.05) is 30.5 Å². The highest BCUT2D eigenvalue weighted by Gasteiger charge is 2.21. The molecule has 0 bridgehead atoms. The normalized spacial score (nSPS) is 11.7. The van der Waals surface area contributed by atoms with Crippen LogP contribution in [-0.4, -0.2) is 24.5 Å². The second kappa shape index (κ2) is 5.78. The topological polar surface area (TPSA) is 90.0 Å². The fourth-order valence-corrected chi connectivity index (χ4v) is 3.03. The van der Waals surface area contributed by atoms with Gasteiger partial charge in [0.25, 0.3) is 0 Å². The fourth-order valence-electron chi connectivity index (χ4n) is 1.59. The van der Waals surface area contributed by atoms with Crippen molar-refractivity contribution in [3.05, 3.63) is 41.7 Å². The van der Waals surface area contributed by atoms with Crippen molar-refractivity contribution in [1.29, 1.82) is 0 Å². The fraction of sp³-hybridized carbons (Fsp3) is 0.182. The molecule has 0 aliphatic rings. The van der Waals surface area contributed by atoms with Crippen LogP contribution in [0.5, 0.6) is 0 Å². The molecule has 0 saturated heterocycles. The van der Waals surface area contributed by atoms with Crippen molar-refractivity contribution in [1.82, 2.24) is 14.3 Å². The van der Waals surface area contributed by atoms with Gasteiger partial charge in [-0.2, -0.15) is 0 Å². The Hall–Kier alpha value is -1.64. The first-order chi connectivity index (χ1) is 9.40. The van der Waals surface area contributed by atoms with Crippen molar-refractivity contribution in [3.63, 3.8) is 0 Å². The van der Waals surface area contributed by atoms with E-state index in [1.54, 1.807) is 23.3 Å². The van der Waals surface area contributed by atoms with Crippen LogP contribution < -0.4 is 10.5 Å². The molecule has 108 valence electrons. The second-order valence-corrected chi connectivity index (χ2v) is 6.18. The van der Waals surface area contributed by atoms with Gasteiger partial charge in [-0.25, -0.2) is 22.5 Å². The van der Waals surface area contributed by atoms with Gasteiger partial charge < -0.3 is 10.3 Å². The number of nitrogen functional groups attached to an aromatic ring is 1. The highest BCUT2D eigenvalue weighted by atomic mass is 35.5. The molecule has 0 atom stereocenters. The number of anilines is 1. The first-order valence-corrected chi connectivity index (χ1v) is 7.46. The standard InChI is InChI=1S/C11H12ClFN4O2S/c12-8-5-9(14)11(13)10(6-8)20(18,19)16-2-4-17-3-1-15-7-17/h1,3,5-7,16H,2,4,14H2. The van der Waals surface area contributed by atoms with Crippen LogP contribution >= 0.6 is 11.6 Å². The van der Waals surface area contributed by atoms with E-state index in [1.165, 1.54) is 0 Å². The van der Waals surface area contributed by atoms with Crippen LogP contribution in [0.3, 0.4) is 0 Å². The molecular weight excluding hydrogens is 307 g/mol. The van der Waals surface area contributed by atoms with Crippen molar-refractivity contribution < 1.29 is 12.8 Å². The smallest absolute Gasteiger partial charge is 0.243 e. The average molecular weight is 319 g/mol. The van der Waals surface area contributed by atoms with Gasteiger partial charge >= 0.3 is 0 Å². The van der Waals surface area contributed by atoms with Crippen molar-refractivity contribution in [2.75, 3.05) is 12.3 Å². The van der Waals surface area contributed by atoms with E-state index in [2.05, 4.69) is 9.71 Å². The zero-order valence-corrected chi connectivity index (χ0v) is 11.8. The maximum absolute atomic E-state index is 13.8. The van der Waals surface area contributed by atoms with Gasteiger partial charge in [0.1, 0.15) is 4.90 Å². The lowest BCUT2D eigenvalue weighted by molar-refractivity contribution is 0.553. The average Bonchev–Trinajstić information content (AvgIpc) is 2.86. The minimum Gasteiger partial charge on any atom is -0.396 e. The van der Waals surface area contributed by atoms with E-state index < -0.39 is 20.7 Å². The van der Waals surface area contributed by atoms with Crippen LogP contribution in [0.25, 0.3) is 0 Å². The number of aromatic nitrogens is 2. The van der Waals surface area contributed by atoms with E-state index in [0.717, 1.165) is 12.1 Å². The Kier molecular flexibility index (Phi) is 4.26. The zero-order valence-electron chi connectivity index (χ0n) is 10.3. The Morgan fingerprint density at radius 2 is 2.20 bits per heavy atom. The third-order valence-corrected chi connectivity index (χ3v) is 4.22. The van der Waals surface area contributed by atoms with Gasteiger partial charge in [0.15, 0.2) is 5.82 Å². The van der Waals surface area contributed by atoms with E-state index in [9.17, 15) is 12.8 Å². The molecule has 0 aliphatic heterocycles. The third-order valence-electron chi connectivity index (χ3n) is 2.54. The van der Waals surface area contributed by atoms with Crippen molar-refractivity contribution in [2.45, 2.75) is 11.4 Å².